The van der Waals surface area contributed by atoms with Gasteiger partial charge in [0.1, 0.15) is 10.6 Å². The van der Waals surface area contributed by atoms with Crippen molar-refractivity contribution in [3.05, 3.63) is 94.9 Å². The smallest absolute Gasteiger partial charge is 0.341 e. The maximum absolute atomic E-state index is 13.4. The van der Waals surface area contributed by atoms with Crippen LogP contribution in [0.1, 0.15) is 34.8 Å². The molecule has 3 N–H and O–H groups in total. The van der Waals surface area contributed by atoms with Crippen molar-refractivity contribution in [2.45, 2.75) is 37.3 Å². The number of anilines is 3. The van der Waals surface area contributed by atoms with Gasteiger partial charge >= 0.3 is 5.97 Å². The fraction of sp³-hybridized carbons (Fsp3) is 0.194. The minimum absolute atomic E-state index is 0.176. The van der Waals surface area contributed by atoms with Crippen molar-refractivity contribution in [3.63, 3.8) is 0 Å². The lowest BCUT2D eigenvalue weighted by Crippen LogP contribution is -2.25. The molecule has 0 aliphatic rings. The Kier molecular flexibility index (Phi) is 9.98. The topological polar surface area (TPSA) is 79.5 Å². The van der Waals surface area contributed by atoms with Gasteiger partial charge in [-0.05, 0) is 68.4 Å². The van der Waals surface area contributed by atoms with Crippen LogP contribution >= 0.6 is 35.3 Å². The van der Waals surface area contributed by atoms with Crippen LogP contribution < -0.4 is 16.0 Å². The quantitative estimate of drug-likeness (QED) is 0.103. The van der Waals surface area contributed by atoms with Crippen molar-refractivity contribution in [2.24, 2.45) is 0 Å². The molecule has 1 unspecified atom stereocenters. The number of thiocarbonyl (C=S) groups is 1. The minimum Gasteiger partial charge on any atom is -0.465 e. The number of aryl methyl sites for hydroxylation is 2. The van der Waals surface area contributed by atoms with E-state index in [9.17, 15) is 9.59 Å². The summed E-state index contributed by atoms with van der Waals surface area (Å²) in [6.07, 6.45) is 0.602. The van der Waals surface area contributed by atoms with Crippen molar-refractivity contribution >= 4 is 68.7 Å². The van der Waals surface area contributed by atoms with Crippen LogP contribution in [0.2, 0.25) is 0 Å². The van der Waals surface area contributed by atoms with E-state index in [-0.39, 0.29) is 11.2 Å². The minimum atomic E-state index is -0.484. The first-order chi connectivity index (χ1) is 19.3. The highest BCUT2D eigenvalue weighted by Gasteiger charge is 2.25. The zero-order valence-electron chi connectivity index (χ0n) is 22.7. The Morgan fingerprint density at radius 3 is 2.23 bits per heavy atom. The van der Waals surface area contributed by atoms with Gasteiger partial charge in [-0.2, -0.15) is 0 Å². The molecule has 0 saturated carbocycles. The third-order valence-corrected chi connectivity index (χ3v) is 8.58. The van der Waals surface area contributed by atoms with Gasteiger partial charge < -0.3 is 20.7 Å². The highest BCUT2D eigenvalue weighted by atomic mass is 32.2. The SMILES string of the molecule is CCC(Sc1cccc(NC(=S)Nc2ccc(C)cc2)c1)C(=O)Nc1scc(-c2ccc(C)cc2)c1C(=O)OC. The maximum Gasteiger partial charge on any atom is 0.341 e. The average Bonchev–Trinajstić information content (AvgIpc) is 3.36. The molecule has 0 aliphatic heterocycles. The Morgan fingerprint density at radius 1 is 0.925 bits per heavy atom. The molecular formula is C31H31N3O3S3. The summed E-state index contributed by atoms with van der Waals surface area (Å²) in [5.41, 5.74) is 6.02. The number of ether oxygens (including phenoxy) is 1. The molecule has 0 spiro atoms. The molecule has 1 heterocycles. The number of thioether (sulfide) groups is 1. The Labute approximate surface area is 248 Å². The number of hydrogen-bond donors (Lipinski definition) is 3. The van der Waals surface area contributed by atoms with E-state index < -0.39 is 5.97 Å². The van der Waals surface area contributed by atoms with Crippen LogP contribution in [0.15, 0.2) is 83.1 Å². The summed E-state index contributed by atoms with van der Waals surface area (Å²) in [5.74, 6) is -0.660. The number of nitrogens with one attached hydrogen (secondary N) is 3. The number of carbonyl (C=O) groups is 2. The van der Waals surface area contributed by atoms with Gasteiger partial charge in [-0.3, -0.25) is 4.79 Å². The standard InChI is InChI=1S/C31H31N3O3S3/c1-5-26(40-24-8-6-7-23(17-24)33-31(38)32-22-15-11-20(3)12-16-22)28(35)34-29-27(30(36)37-4)25(18-39-29)21-13-9-19(2)10-14-21/h6-18,26H,5H2,1-4H3,(H,34,35)(H2,32,33,38). The van der Waals surface area contributed by atoms with E-state index in [1.807, 2.05) is 98.9 Å². The summed E-state index contributed by atoms with van der Waals surface area (Å²) in [6, 6.07) is 23.7. The van der Waals surface area contributed by atoms with E-state index in [2.05, 4.69) is 16.0 Å². The summed E-state index contributed by atoms with van der Waals surface area (Å²) in [4.78, 5) is 27.0. The van der Waals surface area contributed by atoms with Crippen molar-refractivity contribution in [3.8, 4) is 11.1 Å². The van der Waals surface area contributed by atoms with Gasteiger partial charge in [-0.1, -0.05) is 60.5 Å². The Bertz CT molecular complexity index is 1500. The highest BCUT2D eigenvalue weighted by molar-refractivity contribution is 8.00. The molecule has 6 nitrogen and oxygen atoms in total. The molecule has 3 aromatic carbocycles. The first kappa shape index (κ1) is 29.3. The Morgan fingerprint density at radius 2 is 1.57 bits per heavy atom. The predicted molar refractivity (Wildman–Crippen MR) is 172 cm³/mol. The van der Waals surface area contributed by atoms with E-state index in [4.69, 9.17) is 17.0 Å². The van der Waals surface area contributed by atoms with Crippen LogP contribution in [0.3, 0.4) is 0 Å². The van der Waals surface area contributed by atoms with Crippen LogP contribution in [0, 0.1) is 13.8 Å². The molecule has 0 radical (unpaired) electrons. The molecule has 1 aromatic heterocycles. The monoisotopic (exact) mass is 589 g/mol. The molecule has 4 aromatic rings. The number of esters is 1. The van der Waals surface area contributed by atoms with E-state index >= 15 is 0 Å². The van der Waals surface area contributed by atoms with E-state index in [1.54, 1.807) is 0 Å². The number of rotatable bonds is 9. The van der Waals surface area contributed by atoms with E-state index in [0.717, 1.165) is 33.0 Å². The number of benzene rings is 3. The summed E-state index contributed by atoms with van der Waals surface area (Å²) < 4.78 is 5.06. The van der Waals surface area contributed by atoms with Crippen LogP contribution in [-0.2, 0) is 9.53 Å². The predicted octanol–water partition coefficient (Wildman–Crippen LogP) is 8.14. The molecule has 40 heavy (non-hydrogen) atoms. The number of carbonyl (C=O) groups excluding carboxylic acids is 2. The fourth-order valence-electron chi connectivity index (χ4n) is 3.96. The Balaban J connectivity index is 1.45. The second kappa shape index (κ2) is 13.6. The summed E-state index contributed by atoms with van der Waals surface area (Å²) in [5, 5.41) is 11.8. The number of thiophene rings is 1. The number of hydrogen-bond acceptors (Lipinski definition) is 6. The summed E-state index contributed by atoms with van der Waals surface area (Å²) >= 11 is 8.26. The molecule has 1 atom stereocenters. The summed E-state index contributed by atoms with van der Waals surface area (Å²) in [6.45, 7) is 6.01. The fourth-order valence-corrected chi connectivity index (χ4v) is 6.17. The first-order valence-corrected chi connectivity index (χ1v) is 14.9. The van der Waals surface area contributed by atoms with Gasteiger partial charge in [-0.15, -0.1) is 23.1 Å². The average molecular weight is 590 g/mol. The van der Waals surface area contributed by atoms with Crippen molar-refractivity contribution < 1.29 is 14.3 Å². The highest BCUT2D eigenvalue weighted by Crippen LogP contribution is 2.37. The van der Waals surface area contributed by atoms with Crippen LogP contribution in [-0.4, -0.2) is 29.3 Å². The lowest BCUT2D eigenvalue weighted by atomic mass is 10.0. The Hall–Kier alpha value is -3.66. The van der Waals surface area contributed by atoms with Crippen LogP contribution in [0.4, 0.5) is 16.4 Å². The van der Waals surface area contributed by atoms with Gasteiger partial charge in [0.15, 0.2) is 5.11 Å². The first-order valence-electron chi connectivity index (χ1n) is 12.8. The number of amides is 1. The molecule has 4 rings (SSSR count). The van der Waals surface area contributed by atoms with Crippen molar-refractivity contribution in [1.29, 1.82) is 0 Å². The van der Waals surface area contributed by atoms with Crippen molar-refractivity contribution in [1.82, 2.24) is 0 Å². The lowest BCUT2D eigenvalue weighted by molar-refractivity contribution is -0.115. The van der Waals surface area contributed by atoms with E-state index in [0.29, 0.717) is 22.1 Å². The van der Waals surface area contributed by atoms with Gasteiger partial charge in [0.05, 0.1) is 12.4 Å². The molecular weight excluding hydrogens is 559 g/mol. The molecule has 206 valence electrons. The van der Waals surface area contributed by atoms with Gasteiger partial charge in [-0.25, -0.2) is 4.79 Å². The maximum atomic E-state index is 13.4. The third-order valence-electron chi connectivity index (χ3n) is 6.12. The van der Waals surface area contributed by atoms with Gasteiger partial charge in [0.25, 0.3) is 0 Å². The zero-order valence-corrected chi connectivity index (χ0v) is 25.2. The molecule has 1 amide bonds. The van der Waals surface area contributed by atoms with Crippen molar-refractivity contribution in [2.75, 3.05) is 23.1 Å². The second-order valence-corrected chi connectivity index (χ2v) is 11.8. The second-order valence-electron chi connectivity index (χ2n) is 9.19. The van der Waals surface area contributed by atoms with E-state index in [1.165, 1.54) is 35.8 Å². The normalized spacial score (nSPS) is 11.4. The summed E-state index contributed by atoms with van der Waals surface area (Å²) in [7, 11) is 1.35. The third kappa shape index (κ3) is 7.50. The zero-order chi connectivity index (χ0) is 28.6. The lowest BCUT2D eigenvalue weighted by Gasteiger charge is -2.16. The molecule has 0 saturated heterocycles. The van der Waals surface area contributed by atoms with Crippen LogP contribution in [0.25, 0.3) is 11.1 Å². The molecule has 0 aliphatic carbocycles. The number of methoxy groups -OCH3 is 1. The van der Waals surface area contributed by atoms with Crippen LogP contribution in [0.5, 0.6) is 0 Å². The molecule has 0 bridgehead atoms. The largest absolute Gasteiger partial charge is 0.465 e. The molecule has 9 heteroatoms. The molecule has 0 fully saturated rings. The van der Waals surface area contributed by atoms with Gasteiger partial charge in [0, 0.05) is 27.2 Å². The van der Waals surface area contributed by atoms with Gasteiger partial charge in [0.2, 0.25) is 5.91 Å².